The Morgan fingerprint density at radius 3 is 2.50 bits per heavy atom. The van der Waals surface area contributed by atoms with Gasteiger partial charge in [-0.25, -0.2) is 0 Å². The van der Waals surface area contributed by atoms with E-state index < -0.39 is 0 Å². The van der Waals surface area contributed by atoms with Gasteiger partial charge in [-0.3, -0.25) is 9.59 Å². The molecule has 20 heavy (non-hydrogen) atoms. The molecule has 1 atom stereocenters. The number of benzene rings is 1. The van der Waals surface area contributed by atoms with Gasteiger partial charge >= 0.3 is 0 Å². The van der Waals surface area contributed by atoms with Crippen LogP contribution < -0.4 is 5.32 Å². The van der Waals surface area contributed by atoms with Crippen LogP contribution in [0.25, 0.3) is 0 Å². The minimum absolute atomic E-state index is 0.0353. The smallest absolute Gasteiger partial charge is 0.223 e. The molecule has 4 nitrogen and oxygen atoms in total. The molecular weight excluding hydrogens is 276 g/mol. The van der Waals surface area contributed by atoms with Crippen molar-refractivity contribution >= 4 is 23.4 Å². The standard InChI is InChI=1S/C15H19ClN2O2/c1-10(7-12-3-5-13(16)6-4-12)15(20)17-14-8-18(9-14)11(2)19/h3-6,10,14H,7-9H2,1-2H3,(H,17,20)/t10-/m0/s1. The van der Waals surface area contributed by atoms with Crippen molar-refractivity contribution < 1.29 is 9.59 Å². The molecule has 1 heterocycles. The zero-order valence-electron chi connectivity index (χ0n) is 11.7. The van der Waals surface area contributed by atoms with E-state index in [4.69, 9.17) is 11.6 Å². The molecule has 0 radical (unpaired) electrons. The monoisotopic (exact) mass is 294 g/mol. The summed E-state index contributed by atoms with van der Waals surface area (Å²) in [7, 11) is 0. The van der Waals surface area contributed by atoms with E-state index in [1.54, 1.807) is 11.8 Å². The molecule has 0 spiro atoms. The first-order chi connectivity index (χ1) is 9.45. The predicted molar refractivity (Wildman–Crippen MR) is 78.5 cm³/mol. The summed E-state index contributed by atoms with van der Waals surface area (Å²) in [6.45, 7) is 4.69. The van der Waals surface area contributed by atoms with E-state index in [1.807, 2.05) is 31.2 Å². The van der Waals surface area contributed by atoms with Crippen LogP contribution in [0.2, 0.25) is 5.02 Å². The molecule has 0 aliphatic carbocycles. The van der Waals surface area contributed by atoms with Crippen molar-refractivity contribution in [2.45, 2.75) is 26.3 Å². The largest absolute Gasteiger partial charge is 0.350 e. The lowest BCUT2D eigenvalue weighted by Gasteiger charge is -2.39. The first kappa shape index (κ1) is 14.9. The van der Waals surface area contributed by atoms with Crippen LogP contribution in [0, 0.1) is 5.92 Å². The summed E-state index contributed by atoms with van der Waals surface area (Å²) in [6, 6.07) is 7.63. The number of nitrogens with one attached hydrogen (secondary N) is 1. The number of hydrogen-bond donors (Lipinski definition) is 1. The molecule has 1 saturated heterocycles. The molecular formula is C15H19ClN2O2. The lowest BCUT2D eigenvalue weighted by molar-refractivity contribution is -0.136. The maximum Gasteiger partial charge on any atom is 0.223 e. The van der Waals surface area contributed by atoms with Crippen LogP contribution in [0.15, 0.2) is 24.3 Å². The summed E-state index contributed by atoms with van der Waals surface area (Å²) in [4.78, 5) is 24.8. The summed E-state index contributed by atoms with van der Waals surface area (Å²) in [5.41, 5.74) is 1.09. The first-order valence-corrected chi connectivity index (χ1v) is 7.14. The minimum atomic E-state index is -0.0949. The minimum Gasteiger partial charge on any atom is -0.350 e. The van der Waals surface area contributed by atoms with Gasteiger partial charge in [0.15, 0.2) is 0 Å². The van der Waals surface area contributed by atoms with Crippen LogP contribution in [0.1, 0.15) is 19.4 Å². The summed E-state index contributed by atoms with van der Waals surface area (Å²) in [6.07, 6.45) is 0.687. The van der Waals surface area contributed by atoms with Crippen LogP contribution in [-0.4, -0.2) is 35.8 Å². The zero-order chi connectivity index (χ0) is 14.7. The molecule has 0 bridgehead atoms. The van der Waals surface area contributed by atoms with E-state index in [1.165, 1.54) is 0 Å². The topological polar surface area (TPSA) is 49.4 Å². The maximum absolute atomic E-state index is 12.1. The van der Waals surface area contributed by atoms with E-state index in [-0.39, 0.29) is 23.8 Å². The number of amides is 2. The Kier molecular flexibility index (Phi) is 4.65. The number of carbonyl (C=O) groups is 2. The molecule has 1 aromatic carbocycles. The molecule has 1 aliphatic rings. The maximum atomic E-state index is 12.1. The summed E-state index contributed by atoms with van der Waals surface area (Å²) in [5, 5.41) is 3.67. The number of hydrogen-bond acceptors (Lipinski definition) is 2. The third-order valence-electron chi connectivity index (χ3n) is 3.58. The van der Waals surface area contributed by atoms with Crippen LogP contribution in [-0.2, 0) is 16.0 Å². The fraction of sp³-hybridized carbons (Fsp3) is 0.467. The predicted octanol–water partition coefficient (Wildman–Crippen LogP) is 1.87. The van der Waals surface area contributed by atoms with Crippen molar-refractivity contribution in [3.8, 4) is 0 Å². The van der Waals surface area contributed by atoms with E-state index in [0.29, 0.717) is 24.5 Å². The van der Waals surface area contributed by atoms with E-state index in [0.717, 1.165) is 5.56 Å². The molecule has 1 fully saturated rings. The van der Waals surface area contributed by atoms with Gasteiger partial charge in [0.25, 0.3) is 0 Å². The number of rotatable bonds is 4. The molecule has 1 aromatic rings. The second-order valence-corrected chi connectivity index (χ2v) is 5.80. The summed E-state index contributed by atoms with van der Waals surface area (Å²) < 4.78 is 0. The lowest BCUT2D eigenvalue weighted by Crippen LogP contribution is -2.61. The van der Waals surface area contributed by atoms with Crippen LogP contribution in [0.3, 0.4) is 0 Å². The first-order valence-electron chi connectivity index (χ1n) is 6.76. The van der Waals surface area contributed by atoms with Crippen LogP contribution >= 0.6 is 11.6 Å². The highest BCUT2D eigenvalue weighted by Gasteiger charge is 2.30. The molecule has 108 valence electrons. The summed E-state index contributed by atoms with van der Waals surface area (Å²) >= 11 is 5.83. The average Bonchev–Trinajstić information content (AvgIpc) is 2.35. The highest BCUT2D eigenvalue weighted by molar-refractivity contribution is 6.30. The van der Waals surface area contributed by atoms with Crippen molar-refractivity contribution in [1.82, 2.24) is 10.2 Å². The molecule has 0 aromatic heterocycles. The Labute approximate surface area is 124 Å². The quantitative estimate of drug-likeness (QED) is 0.921. The van der Waals surface area contributed by atoms with Gasteiger partial charge in [-0.2, -0.15) is 0 Å². The molecule has 1 N–H and O–H groups in total. The molecule has 5 heteroatoms. The van der Waals surface area contributed by atoms with Gasteiger partial charge < -0.3 is 10.2 Å². The third kappa shape index (κ3) is 3.73. The number of nitrogens with zero attached hydrogens (tertiary/aromatic N) is 1. The van der Waals surface area contributed by atoms with Crippen LogP contribution in [0.4, 0.5) is 0 Å². The van der Waals surface area contributed by atoms with Gasteiger partial charge in [-0.1, -0.05) is 30.7 Å². The second kappa shape index (κ2) is 6.27. The van der Waals surface area contributed by atoms with Gasteiger partial charge in [0, 0.05) is 31.0 Å². The van der Waals surface area contributed by atoms with Crippen molar-refractivity contribution in [1.29, 1.82) is 0 Å². The normalized spacial score (nSPS) is 16.4. The fourth-order valence-electron chi connectivity index (χ4n) is 2.24. The van der Waals surface area contributed by atoms with Gasteiger partial charge in [0.2, 0.25) is 11.8 Å². The zero-order valence-corrected chi connectivity index (χ0v) is 12.5. The van der Waals surface area contributed by atoms with Gasteiger partial charge in [0.05, 0.1) is 6.04 Å². The van der Waals surface area contributed by atoms with Crippen molar-refractivity contribution in [3.05, 3.63) is 34.9 Å². The number of likely N-dealkylation sites (tertiary alicyclic amines) is 1. The second-order valence-electron chi connectivity index (χ2n) is 5.36. The van der Waals surface area contributed by atoms with Crippen molar-refractivity contribution in [3.63, 3.8) is 0 Å². The van der Waals surface area contributed by atoms with Gasteiger partial charge in [0.1, 0.15) is 0 Å². The highest BCUT2D eigenvalue weighted by atomic mass is 35.5. The van der Waals surface area contributed by atoms with Crippen molar-refractivity contribution in [2.24, 2.45) is 5.92 Å². The van der Waals surface area contributed by atoms with Gasteiger partial charge in [-0.15, -0.1) is 0 Å². The molecule has 0 unspecified atom stereocenters. The molecule has 1 aliphatic heterocycles. The highest BCUT2D eigenvalue weighted by Crippen LogP contribution is 2.14. The molecule has 0 saturated carbocycles. The Bertz CT molecular complexity index is 495. The fourth-order valence-corrected chi connectivity index (χ4v) is 2.36. The van der Waals surface area contributed by atoms with Crippen molar-refractivity contribution in [2.75, 3.05) is 13.1 Å². The Hall–Kier alpha value is -1.55. The lowest BCUT2D eigenvalue weighted by atomic mass is 9.99. The Morgan fingerprint density at radius 2 is 1.95 bits per heavy atom. The molecule has 2 rings (SSSR count). The number of carbonyl (C=O) groups excluding carboxylic acids is 2. The Morgan fingerprint density at radius 1 is 1.35 bits per heavy atom. The number of halogens is 1. The van der Waals surface area contributed by atoms with Gasteiger partial charge in [-0.05, 0) is 24.1 Å². The Balaban J connectivity index is 1.78. The van der Waals surface area contributed by atoms with Crippen LogP contribution in [0.5, 0.6) is 0 Å². The van der Waals surface area contributed by atoms with E-state index in [2.05, 4.69) is 5.32 Å². The molecule has 2 amide bonds. The van der Waals surface area contributed by atoms with E-state index >= 15 is 0 Å². The third-order valence-corrected chi connectivity index (χ3v) is 3.83. The SMILES string of the molecule is CC(=O)N1CC(NC(=O)[C@@H](C)Cc2ccc(Cl)cc2)C1. The average molecular weight is 295 g/mol. The van der Waals surface area contributed by atoms with E-state index in [9.17, 15) is 9.59 Å². The summed E-state index contributed by atoms with van der Waals surface area (Å²) in [5.74, 6) is 0.000386.